The second kappa shape index (κ2) is 9.49. The van der Waals surface area contributed by atoms with Gasteiger partial charge in [-0.25, -0.2) is 4.68 Å². The predicted molar refractivity (Wildman–Crippen MR) is 122 cm³/mol. The van der Waals surface area contributed by atoms with E-state index in [9.17, 15) is 13.2 Å². The topological polar surface area (TPSA) is 82.7 Å². The summed E-state index contributed by atoms with van der Waals surface area (Å²) in [6.07, 6.45) is -0.325. The number of benzene rings is 2. The summed E-state index contributed by atoms with van der Waals surface area (Å²) >= 11 is 0. The molecule has 0 amide bonds. The first kappa shape index (κ1) is 23.0. The van der Waals surface area contributed by atoms with Crippen LogP contribution in [0, 0.1) is 0 Å². The van der Waals surface area contributed by atoms with Gasteiger partial charge < -0.3 is 14.6 Å². The highest BCUT2D eigenvalue weighted by Gasteiger charge is 2.30. The summed E-state index contributed by atoms with van der Waals surface area (Å²) in [5.41, 5.74) is 1.97. The van der Waals surface area contributed by atoms with Gasteiger partial charge in [-0.1, -0.05) is 11.3 Å². The van der Waals surface area contributed by atoms with Crippen LogP contribution in [-0.4, -0.2) is 42.8 Å². The van der Waals surface area contributed by atoms with Crippen molar-refractivity contribution >= 4 is 0 Å². The Kier molecular flexibility index (Phi) is 6.25. The summed E-state index contributed by atoms with van der Waals surface area (Å²) in [5.74, 6) is 1.66. The number of alkyl halides is 3. The Hall–Kier alpha value is -3.73. The first-order chi connectivity index (χ1) is 16.9. The molecule has 0 saturated carbocycles. The van der Waals surface area contributed by atoms with E-state index in [0.717, 1.165) is 55.0 Å². The van der Waals surface area contributed by atoms with E-state index in [-0.39, 0.29) is 12.4 Å². The molecule has 0 unspecified atom stereocenters. The normalized spacial score (nSPS) is 14.9. The predicted octanol–water partition coefficient (Wildman–Crippen LogP) is 4.13. The fourth-order valence-corrected chi connectivity index (χ4v) is 4.12. The Balaban J connectivity index is 1.27. The Bertz CT molecular complexity index is 1290. The van der Waals surface area contributed by atoms with Crippen LogP contribution in [0.3, 0.4) is 0 Å². The maximum absolute atomic E-state index is 12.9. The standard InChI is InChI=1S/C24H24F3N7O/c1-33-22(15-35-20-4-2-3-18(13-20)24(25,26)27)30-31-23(33)17-5-7-19(8-6-17)34-14-21(29-32-34)16-9-11-28-12-10-16/h2-8,13-14,16,28H,9-12,15H2,1H3. The van der Waals surface area contributed by atoms with Crippen LogP contribution >= 0.6 is 0 Å². The molecule has 0 radical (unpaired) electrons. The number of hydrogen-bond donors (Lipinski definition) is 1. The average Bonchev–Trinajstić information content (AvgIpc) is 3.50. The third-order valence-corrected chi connectivity index (χ3v) is 6.15. The molecule has 2 aromatic heterocycles. The fraction of sp³-hybridized carbons (Fsp3) is 0.333. The molecule has 4 aromatic rings. The van der Waals surface area contributed by atoms with Crippen molar-refractivity contribution in [3.8, 4) is 22.8 Å². The molecule has 35 heavy (non-hydrogen) atoms. The molecule has 0 bridgehead atoms. The first-order valence-electron chi connectivity index (χ1n) is 11.3. The van der Waals surface area contributed by atoms with E-state index in [4.69, 9.17) is 4.74 Å². The van der Waals surface area contributed by atoms with Gasteiger partial charge in [0.1, 0.15) is 12.4 Å². The molecule has 1 fully saturated rings. The summed E-state index contributed by atoms with van der Waals surface area (Å²) in [5, 5.41) is 20.4. The molecule has 0 aliphatic carbocycles. The third kappa shape index (κ3) is 5.04. The van der Waals surface area contributed by atoms with Crippen molar-refractivity contribution in [3.05, 3.63) is 71.8 Å². The van der Waals surface area contributed by atoms with E-state index < -0.39 is 11.7 Å². The zero-order valence-electron chi connectivity index (χ0n) is 19.0. The molecule has 11 heteroatoms. The van der Waals surface area contributed by atoms with Gasteiger partial charge in [0.2, 0.25) is 0 Å². The maximum atomic E-state index is 12.9. The summed E-state index contributed by atoms with van der Waals surface area (Å²) in [4.78, 5) is 0. The average molecular weight is 483 g/mol. The van der Waals surface area contributed by atoms with Gasteiger partial charge >= 0.3 is 6.18 Å². The fourth-order valence-electron chi connectivity index (χ4n) is 4.12. The Labute approximate surface area is 199 Å². The lowest BCUT2D eigenvalue weighted by Gasteiger charge is -2.19. The van der Waals surface area contributed by atoms with Crippen LogP contribution in [0.1, 0.15) is 35.8 Å². The number of nitrogens with zero attached hydrogens (tertiary/aromatic N) is 6. The van der Waals surface area contributed by atoms with Crippen LogP contribution in [0.2, 0.25) is 0 Å². The van der Waals surface area contributed by atoms with Crippen LogP contribution in [0.25, 0.3) is 17.1 Å². The van der Waals surface area contributed by atoms with Gasteiger partial charge in [-0.15, -0.1) is 15.3 Å². The number of halogens is 3. The number of hydrogen-bond acceptors (Lipinski definition) is 6. The highest BCUT2D eigenvalue weighted by atomic mass is 19.4. The first-order valence-corrected chi connectivity index (χ1v) is 11.3. The van der Waals surface area contributed by atoms with Gasteiger partial charge in [-0.05, 0) is 68.4 Å². The van der Waals surface area contributed by atoms with Gasteiger partial charge in [0.25, 0.3) is 0 Å². The summed E-state index contributed by atoms with van der Waals surface area (Å²) in [6, 6.07) is 12.5. The Morgan fingerprint density at radius 2 is 1.80 bits per heavy atom. The highest BCUT2D eigenvalue weighted by Crippen LogP contribution is 2.31. The highest BCUT2D eigenvalue weighted by molar-refractivity contribution is 5.57. The number of piperidine rings is 1. The van der Waals surface area contributed by atoms with Crippen LogP contribution in [0.5, 0.6) is 5.75 Å². The van der Waals surface area contributed by atoms with Gasteiger partial charge in [0, 0.05) is 18.5 Å². The van der Waals surface area contributed by atoms with E-state index in [1.807, 2.05) is 30.5 Å². The van der Waals surface area contributed by atoms with Gasteiger partial charge in [-0.3, -0.25) is 0 Å². The van der Waals surface area contributed by atoms with Crippen LogP contribution in [0.4, 0.5) is 13.2 Å². The Morgan fingerprint density at radius 1 is 1.03 bits per heavy atom. The monoisotopic (exact) mass is 483 g/mol. The van der Waals surface area contributed by atoms with E-state index in [2.05, 4.69) is 25.8 Å². The summed E-state index contributed by atoms with van der Waals surface area (Å²) in [7, 11) is 1.79. The molecule has 3 heterocycles. The number of aromatic nitrogens is 6. The van der Waals surface area contributed by atoms with Crippen molar-refractivity contribution in [2.24, 2.45) is 7.05 Å². The smallest absolute Gasteiger partial charge is 0.416 e. The van der Waals surface area contributed by atoms with Crippen LogP contribution in [-0.2, 0) is 19.8 Å². The minimum absolute atomic E-state index is 0.0126. The molecule has 8 nitrogen and oxygen atoms in total. The molecule has 1 N–H and O–H groups in total. The number of ether oxygens (including phenoxy) is 1. The van der Waals surface area contributed by atoms with Crippen molar-refractivity contribution in [2.75, 3.05) is 13.1 Å². The van der Waals surface area contributed by atoms with Gasteiger partial charge in [0.15, 0.2) is 11.6 Å². The quantitative estimate of drug-likeness (QED) is 0.444. The zero-order valence-corrected chi connectivity index (χ0v) is 19.0. The van der Waals surface area contributed by atoms with E-state index in [1.54, 1.807) is 16.3 Å². The lowest BCUT2D eigenvalue weighted by Crippen LogP contribution is -2.26. The molecular weight excluding hydrogens is 459 g/mol. The van der Waals surface area contributed by atoms with Crippen molar-refractivity contribution in [1.29, 1.82) is 0 Å². The van der Waals surface area contributed by atoms with Crippen molar-refractivity contribution in [2.45, 2.75) is 31.5 Å². The van der Waals surface area contributed by atoms with E-state index in [1.165, 1.54) is 12.1 Å². The SMILES string of the molecule is Cn1c(COc2cccc(C(F)(F)F)c2)nnc1-c1ccc(-n2cc(C3CCNCC3)nn2)cc1. The molecule has 5 rings (SSSR count). The molecule has 1 aliphatic heterocycles. The van der Waals surface area contributed by atoms with Gasteiger partial charge in [0.05, 0.1) is 23.1 Å². The van der Waals surface area contributed by atoms with Crippen LogP contribution < -0.4 is 10.1 Å². The lowest BCUT2D eigenvalue weighted by molar-refractivity contribution is -0.137. The zero-order chi connectivity index (χ0) is 24.4. The number of nitrogens with one attached hydrogen (secondary N) is 1. The second-order valence-corrected chi connectivity index (χ2v) is 8.47. The molecule has 0 atom stereocenters. The van der Waals surface area contributed by atoms with E-state index >= 15 is 0 Å². The minimum atomic E-state index is -4.43. The second-order valence-electron chi connectivity index (χ2n) is 8.47. The summed E-state index contributed by atoms with van der Waals surface area (Å²) in [6.45, 7) is 1.98. The van der Waals surface area contributed by atoms with Crippen molar-refractivity contribution in [3.63, 3.8) is 0 Å². The largest absolute Gasteiger partial charge is 0.486 e. The molecule has 1 aliphatic rings. The van der Waals surface area contributed by atoms with Crippen LogP contribution in [0.15, 0.2) is 54.7 Å². The molecule has 2 aromatic carbocycles. The molecule has 0 spiro atoms. The maximum Gasteiger partial charge on any atom is 0.416 e. The third-order valence-electron chi connectivity index (χ3n) is 6.15. The number of rotatable bonds is 6. The molecule has 182 valence electrons. The Morgan fingerprint density at radius 3 is 2.54 bits per heavy atom. The lowest BCUT2D eigenvalue weighted by atomic mass is 9.95. The molecular formula is C24H24F3N7O. The molecule has 1 saturated heterocycles. The van der Waals surface area contributed by atoms with Crippen molar-refractivity contribution < 1.29 is 17.9 Å². The van der Waals surface area contributed by atoms with Crippen molar-refractivity contribution in [1.82, 2.24) is 35.1 Å². The summed E-state index contributed by atoms with van der Waals surface area (Å²) < 4.78 is 47.8. The minimum Gasteiger partial charge on any atom is -0.486 e. The van der Waals surface area contributed by atoms with E-state index in [0.29, 0.717) is 17.6 Å². The van der Waals surface area contributed by atoms with Gasteiger partial charge in [-0.2, -0.15) is 13.2 Å².